The number of furan rings is 2. The van der Waals surface area contributed by atoms with Crippen molar-refractivity contribution < 1.29 is 13.6 Å². The molecule has 4 aromatic rings. The number of rotatable bonds is 6. The molecule has 4 rings (SSSR count). The summed E-state index contributed by atoms with van der Waals surface area (Å²) in [5.41, 5.74) is 3.77. The van der Waals surface area contributed by atoms with Crippen LogP contribution in [0.4, 0.5) is 10.1 Å². The van der Waals surface area contributed by atoms with Gasteiger partial charge in [0.25, 0.3) is 5.91 Å². The predicted molar refractivity (Wildman–Crippen MR) is 125 cm³/mol. The van der Waals surface area contributed by atoms with Gasteiger partial charge in [0.15, 0.2) is 0 Å². The van der Waals surface area contributed by atoms with Crippen LogP contribution in [0.3, 0.4) is 0 Å². The lowest BCUT2D eigenvalue weighted by Crippen LogP contribution is -2.13. The van der Waals surface area contributed by atoms with E-state index in [0.29, 0.717) is 49.7 Å². The highest BCUT2D eigenvalue weighted by atomic mass is 35.5. The molecule has 0 fully saturated rings. The van der Waals surface area contributed by atoms with E-state index in [9.17, 15) is 9.18 Å². The Morgan fingerprint density at radius 2 is 1.84 bits per heavy atom. The van der Waals surface area contributed by atoms with Crippen molar-refractivity contribution in [1.29, 1.82) is 0 Å². The fourth-order valence-corrected chi connectivity index (χ4v) is 3.62. The minimum atomic E-state index is -0.490. The molecule has 0 radical (unpaired) electrons. The van der Waals surface area contributed by atoms with Crippen molar-refractivity contribution in [3.05, 3.63) is 95.4 Å². The number of hydrogen-bond donors (Lipinski definition) is 1. The zero-order chi connectivity index (χ0) is 22.0. The average molecular weight is 433 g/mol. The molecule has 4 nitrogen and oxygen atoms in total. The molecule has 2 heterocycles. The Labute approximate surface area is 183 Å². The third-order valence-corrected chi connectivity index (χ3v) is 5.13. The highest BCUT2D eigenvalue weighted by Crippen LogP contribution is 2.35. The van der Waals surface area contributed by atoms with E-state index in [2.05, 4.69) is 16.9 Å². The van der Waals surface area contributed by atoms with Gasteiger partial charge in [0.2, 0.25) is 0 Å². The molecule has 0 unspecified atom stereocenters. The highest BCUT2D eigenvalue weighted by molar-refractivity contribution is 6.33. The van der Waals surface area contributed by atoms with E-state index in [4.69, 9.17) is 16.0 Å². The van der Waals surface area contributed by atoms with Crippen LogP contribution >= 0.6 is 11.6 Å². The van der Waals surface area contributed by atoms with Crippen LogP contribution < -0.4 is 5.32 Å². The van der Waals surface area contributed by atoms with E-state index >= 15 is 0 Å². The third-order valence-electron chi connectivity index (χ3n) is 4.80. The molecule has 1 amide bonds. The van der Waals surface area contributed by atoms with E-state index in [1.165, 1.54) is 6.07 Å². The zero-order valence-corrected chi connectivity index (χ0v) is 17.4. The fourth-order valence-electron chi connectivity index (χ4n) is 3.38. The number of benzene rings is 3. The van der Waals surface area contributed by atoms with Crippen molar-refractivity contribution >= 4 is 46.1 Å². The van der Waals surface area contributed by atoms with Gasteiger partial charge in [0, 0.05) is 39.8 Å². The Kier molecular flexibility index (Phi) is 5.69. The summed E-state index contributed by atoms with van der Waals surface area (Å²) < 4.78 is 20.4. The maximum atomic E-state index is 14.8. The number of amides is 1. The molecular weight excluding hydrogens is 415 g/mol. The van der Waals surface area contributed by atoms with E-state index in [1.807, 2.05) is 0 Å². The van der Waals surface area contributed by atoms with Gasteiger partial charge < -0.3 is 9.73 Å². The van der Waals surface area contributed by atoms with Gasteiger partial charge in [-0.25, -0.2) is 4.39 Å². The summed E-state index contributed by atoms with van der Waals surface area (Å²) in [6, 6.07) is 15.0. The normalized spacial score (nSPS) is 11.7. The Balaban J connectivity index is 1.62. The number of nitrogens with one attached hydrogen (secondary N) is 1. The quantitative estimate of drug-likeness (QED) is 0.258. The van der Waals surface area contributed by atoms with Crippen LogP contribution in [0.1, 0.15) is 22.8 Å². The molecule has 31 heavy (non-hydrogen) atoms. The number of hydrogen-bond acceptors (Lipinski definition) is 3. The van der Waals surface area contributed by atoms with Crippen LogP contribution in [-0.4, -0.2) is 12.1 Å². The van der Waals surface area contributed by atoms with Crippen LogP contribution in [0.5, 0.6) is 0 Å². The Bertz CT molecular complexity index is 1340. The molecule has 2 aromatic carbocycles. The number of carbonyl (C=O) groups excluding carboxylic acids is 1. The average Bonchev–Trinajstić information content (AvgIpc) is 3.36. The van der Waals surface area contributed by atoms with E-state index in [1.54, 1.807) is 73.9 Å². The minimum Gasteiger partial charge on any atom is -0.456 e. The second-order valence-corrected chi connectivity index (χ2v) is 7.20. The standard InChI is InChI=1S/C25H18ClFN2O2/c1-3-28-13-12-15(2)23-21-10-11-22(31-21)24(23)25(30)29-16-8-9-18(20(27)14-16)17-6-4-5-7-19(17)26/h3-14H,2H2,1H3,(H,29,30)/b13-12-,28-3?. The molecule has 0 saturated carbocycles. The van der Waals surface area contributed by atoms with Gasteiger partial charge in [-0.3, -0.25) is 9.79 Å². The lowest BCUT2D eigenvalue weighted by atomic mass is 10.00. The van der Waals surface area contributed by atoms with E-state index in [0.717, 1.165) is 0 Å². The van der Waals surface area contributed by atoms with Gasteiger partial charge in [-0.1, -0.05) is 36.4 Å². The van der Waals surface area contributed by atoms with Gasteiger partial charge in [-0.2, -0.15) is 0 Å². The molecule has 1 N–H and O–H groups in total. The number of fused-ring (bicyclic) bond motifs is 2. The molecule has 154 valence electrons. The van der Waals surface area contributed by atoms with Gasteiger partial charge in [0.1, 0.15) is 17.0 Å². The summed E-state index contributed by atoms with van der Waals surface area (Å²) in [5.74, 6) is -0.904. The van der Waals surface area contributed by atoms with Crippen LogP contribution in [0.15, 0.2) is 82.9 Å². The largest absolute Gasteiger partial charge is 0.456 e. The maximum absolute atomic E-state index is 14.8. The van der Waals surface area contributed by atoms with E-state index < -0.39 is 11.7 Å². The van der Waals surface area contributed by atoms with Crippen LogP contribution in [0.25, 0.3) is 27.9 Å². The first-order valence-corrected chi connectivity index (χ1v) is 9.91. The number of aliphatic imine (C=N–C) groups is 1. The summed E-state index contributed by atoms with van der Waals surface area (Å²) in [5, 5.41) is 3.19. The molecule has 2 bridgehead atoms. The Morgan fingerprint density at radius 1 is 1.10 bits per heavy atom. The highest BCUT2D eigenvalue weighted by Gasteiger charge is 2.24. The molecule has 0 saturated heterocycles. The number of allylic oxidation sites excluding steroid dienone is 2. The number of carbonyl (C=O) groups is 1. The summed E-state index contributed by atoms with van der Waals surface area (Å²) in [7, 11) is 0. The Morgan fingerprint density at radius 3 is 2.55 bits per heavy atom. The monoisotopic (exact) mass is 432 g/mol. The minimum absolute atomic E-state index is 0.319. The first-order chi connectivity index (χ1) is 15.0. The van der Waals surface area contributed by atoms with Crippen LogP contribution in [0, 0.1) is 5.82 Å². The molecule has 0 spiro atoms. The van der Waals surface area contributed by atoms with Gasteiger partial charge >= 0.3 is 0 Å². The van der Waals surface area contributed by atoms with E-state index in [-0.39, 0.29) is 0 Å². The molecule has 0 atom stereocenters. The van der Waals surface area contributed by atoms with Crippen LogP contribution in [0.2, 0.25) is 5.02 Å². The number of anilines is 1. The molecular formula is C25H18ClFN2O2. The van der Waals surface area contributed by atoms with Crippen molar-refractivity contribution in [2.24, 2.45) is 4.99 Å². The predicted octanol–water partition coefficient (Wildman–Crippen LogP) is 7.20. The first-order valence-electron chi connectivity index (χ1n) is 9.54. The summed E-state index contributed by atoms with van der Waals surface area (Å²) in [4.78, 5) is 17.0. The van der Waals surface area contributed by atoms with Crippen molar-refractivity contribution in [3.8, 4) is 11.1 Å². The topological polar surface area (TPSA) is 54.6 Å². The second kappa shape index (κ2) is 8.58. The number of halogens is 2. The second-order valence-electron chi connectivity index (χ2n) is 6.79. The number of nitrogens with zero attached hydrogens (tertiary/aromatic N) is 1. The van der Waals surface area contributed by atoms with Crippen LogP contribution in [-0.2, 0) is 0 Å². The maximum Gasteiger partial charge on any atom is 0.260 e. The lowest BCUT2D eigenvalue weighted by molar-refractivity contribution is 0.102. The SMILES string of the molecule is C=C(/C=C\N=CC)c1c(C(=O)Nc2ccc(-c3ccccc3Cl)c(F)c2)c2ccc1o2. The van der Waals surface area contributed by atoms with Crippen molar-refractivity contribution in [2.45, 2.75) is 6.92 Å². The van der Waals surface area contributed by atoms with Crippen molar-refractivity contribution in [1.82, 2.24) is 0 Å². The van der Waals surface area contributed by atoms with Gasteiger partial charge in [-0.15, -0.1) is 0 Å². The molecule has 0 aliphatic heterocycles. The lowest BCUT2D eigenvalue weighted by Gasteiger charge is -2.10. The Hall–Kier alpha value is -3.70. The van der Waals surface area contributed by atoms with Crippen molar-refractivity contribution in [2.75, 3.05) is 5.32 Å². The molecule has 0 aliphatic rings. The summed E-state index contributed by atoms with van der Waals surface area (Å²) in [6.07, 6.45) is 4.94. The van der Waals surface area contributed by atoms with Gasteiger partial charge in [-0.05, 0) is 55.0 Å². The summed E-state index contributed by atoms with van der Waals surface area (Å²) in [6.45, 7) is 5.82. The van der Waals surface area contributed by atoms with Crippen molar-refractivity contribution in [3.63, 3.8) is 0 Å². The third kappa shape index (κ3) is 4.00. The van der Waals surface area contributed by atoms with Gasteiger partial charge in [0.05, 0.1) is 5.56 Å². The molecule has 2 aromatic heterocycles. The smallest absolute Gasteiger partial charge is 0.260 e. The molecule has 6 heteroatoms. The zero-order valence-electron chi connectivity index (χ0n) is 16.7. The summed E-state index contributed by atoms with van der Waals surface area (Å²) >= 11 is 6.18. The fraction of sp³-hybridized carbons (Fsp3) is 0.0400. The first kappa shape index (κ1) is 20.6. The molecule has 0 aliphatic carbocycles.